The first-order chi connectivity index (χ1) is 33.6. The summed E-state index contributed by atoms with van der Waals surface area (Å²) in [5, 5.41) is 2.45. The summed E-state index contributed by atoms with van der Waals surface area (Å²) in [6, 6.07) is 71.4. The Hall–Kier alpha value is -7.03. The molecule has 338 valence electrons. The fraction of sp³-hybridized carbons (Fsp3) is 0.224. The number of para-hydroxylation sites is 1. The third kappa shape index (κ3) is 6.62. The molecule has 1 nitrogen and oxygen atoms in total. The van der Waals surface area contributed by atoms with E-state index < -0.39 is 0 Å². The first-order valence-electron chi connectivity index (χ1n) is 25.4. The molecule has 2 heteroatoms. The number of nitrogens with zero attached hydrogens (tertiary/aromatic N) is 1. The molecule has 0 saturated heterocycles. The third-order valence-corrected chi connectivity index (χ3v) is 16.9. The normalized spacial score (nSPS) is 20.9. The van der Waals surface area contributed by atoms with Crippen LogP contribution in [0.2, 0.25) is 0 Å². The van der Waals surface area contributed by atoms with Crippen LogP contribution in [0.5, 0.6) is 0 Å². The topological polar surface area (TPSA) is 3.24 Å². The fourth-order valence-electron chi connectivity index (χ4n) is 14.4. The molecule has 5 aliphatic carbocycles. The zero-order valence-electron chi connectivity index (χ0n) is 40.1. The smallest absolute Gasteiger partial charge is 0.123 e. The molecule has 0 unspecified atom stereocenters. The summed E-state index contributed by atoms with van der Waals surface area (Å²) in [6.45, 7) is 9.25. The Kier molecular flexibility index (Phi) is 9.78. The highest BCUT2D eigenvalue weighted by Crippen LogP contribution is 2.72. The Labute approximate surface area is 407 Å². The zero-order chi connectivity index (χ0) is 46.6. The summed E-state index contributed by atoms with van der Waals surface area (Å²) < 4.78 is 15.1. The summed E-state index contributed by atoms with van der Waals surface area (Å²) in [4.78, 5) is 2.42. The Morgan fingerprint density at radius 2 is 1.06 bits per heavy atom. The summed E-state index contributed by atoms with van der Waals surface area (Å²) in [6.07, 6.45) is 6.41. The van der Waals surface area contributed by atoms with Crippen LogP contribution in [0.1, 0.15) is 75.1 Å². The van der Waals surface area contributed by atoms with Gasteiger partial charge in [0.15, 0.2) is 0 Å². The van der Waals surface area contributed by atoms with Crippen LogP contribution in [0.15, 0.2) is 194 Å². The molecule has 0 atom stereocenters. The molecule has 0 aromatic heterocycles. The van der Waals surface area contributed by atoms with Gasteiger partial charge in [0.2, 0.25) is 0 Å². The summed E-state index contributed by atoms with van der Waals surface area (Å²) in [5.41, 5.74) is 21.3. The maximum atomic E-state index is 15.1. The van der Waals surface area contributed by atoms with E-state index in [-0.39, 0.29) is 16.6 Å². The Morgan fingerprint density at radius 3 is 1.77 bits per heavy atom. The average Bonchev–Trinajstić information content (AvgIpc) is 3.66. The van der Waals surface area contributed by atoms with Gasteiger partial charge in [-0.1, -0.05) is 166 Å². The van der Waals surface area contributed by atoms with Crippen LogP contribution in [0.4, 0.5) is 21.5 Å². The minimum absolute atomic E-state index is 0.101. The van der Waals surface area contributed by atoms with Gasteiger partial charge >= 0.3 is 0 Å². The van der Waals surface area contributed by atoms with Crippen molar-refractivity contribution in [3.05, 3.63) is 222 Å². The zero-order valence-corrected chi connectivity index (χ0v) is 40.1. The second kappa shape index (κ2) is 16.0. The molecule has 9 aromatic carbocycles. The maximum Gasteiger partial charge on any atom is 0.123 e. The molecule has 14 rings (SSSR count). The Bertz CT molecular complexity index is 3420. The molecule has 0 radical (unpaired) electrons. The van der Waals surface area contributed by atoms with Gasteiger partial charge in [0.25, 0.3) is 0 Å². The predicted molar refractivity (Wildman–Crippen MR) is 287 cm³/mol. The lowest BCUT2D eigenvalue weighted by Gasteiger charge is -2.61. The van der Waals surface area contributed by atoms with Gasteiger partial charge in [-0.15, -0.1) is 0 Å². The molecule has 0 amide bonds. The molecule has 9 aromatic rings. The number of hydrogen-bond acceptors (Lipinski definition) is 1. The van der Waals surface area contributed by atoms with E-state index in [0.29, 0.717) is 11.8 Å². The van der Waals surface area contributed by atoms with Gasteiger partial charge in [0.1, 0.15) is 5.82 Å². The Balaban J connectivity index is 1.17. The van der Waals surface area contributed by atoms with E-state index in [0.717, 1.165) is 40.0 Å². The van der Waals surface area contributed by atoms with Crippen molar-refractivity contribution in [2.45, 2.75) is 70.6 Å². The van der Waals surface area contributed by atoms with Gasteiger partial charge in [0.05, 0.1) is 5.69 Å². The summed E-state index contributed by atoms with van der Waals surface area (Å²) >= 11 is 0. The molecule has 0 N–H and O–H groups in total. The second-order valence-corrected chi connectivity index (χ2v) is 21.9. The first-order valence-corrected chi connectivity index (χ1v) is 25.4. The molecule has 69 heavy (non-hydrogen) atoms. The van der Waals surface area contributed by atoms with Crippen LogP contribution in [-0.2, 0) is 10.8 Å². The monoisotopic (exact) mass is 895 g/mol. The van der Waals surface area contributed by atoms with E-state index >= 15 is 4.39 Å². The SMILES string of the molecule is Cc1ccc(N(c2ccccc2)c2ccc(-c3cc(-c4ccccc4C(C)(C)C)c4c(c3-c3ccccc3)C3(c5cc(-c6cccc(F)c6)ccc5-4)C4CC5CC(C4)CC3C5)c3ccccc23)cc1. The number of halogens is 1. The van der Waals surface area contributed by atoms with Gasteiger partial charge in [-0.2, -0.15) is 0 Å². The standard InChI is InChI=1S/C67H58FN/c1-42-26-29-52(30-27-42)69(51-20-9-6-10-21-51)62-33-32-54(53-22-11-12-24-56(53)62)58-41-59(55-23-13-14-25-60(55)66(2,3)4)64-57-31-28-47(46-18-15-19-50(68)39-46)40-61(57)67(65(64)63(58)45-16-7-5-8-17-45)48-35-43-34-44(37-48)38-49(67)36-43/h5-33,39-41,43-44,48-49H,34-38H2,1-4H3. The average molecular weight is 896 g/mol. The highest BCUT2D eigenvalue weighted by Gasteiger charge is 2.63. The first kappa shape index (κ1) is 42.1. The summed E-state index contributed by atoms with van der Waals surface area (Å²) in [7, 11) is 0. The van der Waals surface area contributed by atoms with Crippen molar-refractivity contribution < 1.29 is 4.39 Å². The van der Waals surface area contributed by atoms with Gasteiger partial charge in [-0.3, -0.25) is 0 Å². The van der Waals surface area contributed by atoms with E-state index in [4.69, 9.17) is 0 Å². The van der Waals surface area contributed by atoms with Crippen LogP contribution < -0.4 is 4.90 Å². The van der Waals surface area contributed by atoms with Crippen molar-refractivity contribution in [2.24, 2.45) is 23.7 Å². The van der Waals surface area contributed by atoms with Crippen molar-refractivity contribution >= 4 is 27.8 Å². The molecular weight excluding hydrogens is 838 g/mol. The van der Waals surface area contributed by atoms with E-state index in [1.165, 1.54) is 110 Å². The molecule has 0 heterocycles. The van der Waals surface area contributed by atoms with Gasteiger partial charge in [0, 0.05) is 22.2 Å². The number of anilines is 3. The lowest BCUT2D eigenvalue weighted by atomic mass is 9.42. The number of rotatable bonds is 7. The predicted octanol–water partition coefficient (Wildman–Crippen LogP) is 18.4. The van der Waals surface area contributed by atoms with Gasteiger partial charge in [-0.25, -0.2) is 4.39 Å². The lowest BCUT2D eigenvalue weighted by Crippen LogP contribution is -2.55. The maximum absolute atomic E-state index is 15.1. The fourth-order valence-corrected chi connectivity index (χ4v) is 14.4. The van der Waals surface area contributed by atoms with Crippen molar-refractivity contribution in [1.82, 2.24) is 0 Å². The number of benzene rings is 9. The largest absolute Gasteiger partial charge is 0.310 e. The highest BCUT2D eigenvalue weighted by molar-refractivity contribution is 6.11. The van der Waals surface area contributed by atoms with Crippen molar-refractivity contribution in [1.29, 1.82) is 0 Å². The van der Waals surface area contributed by atoms with E-state index in [2.05, 4.69) is 209 Å². The second-order valence-electron chi connectivity index (χ2n) is 21.9. The van der Waals surface area contributed by atoms with Crippen LogP contribution in [0, 0.1) is 36.4 Å². The third-order valence-electron chi connectivity index (χ3n) is 16.9. The lowest BCUT2D eigenvalue weighted by molar-refractivity contribution is -0.0396. The molecule has 5 aliphatic rings. The molecule has 1 spiro atoms. The van der Waals surface area contributed by atoms with Crippen LogP contribution in [0.25, 0.3) is 66.4 Å². The Morgan fingerprint density at radius 1 is 0.464 bits per heavy atom. The van der Waals surface area contributed by atoms with E-state index in [1.54, 1.807) is 12.1 Å². The van der Waals surface area contributed by atoms with E-state index in [9.17, 15) is 0 Å². The molecular formula is C67H58FN. The number of fused-ring (bicyclic) bond motifs is 4. The minimum Gasteiger partial charge on any atom is -0.310 e. The molecule has 0 aliphatic heterocycles. The number of aryl methyl sites for hydroxylation is 1. The molecule has 4 saturated carbocycles. The van der Waals surface area contributed by atoms with Crippen LogP contribution >= 0.6 is 0 Å². The van der Waals surface area contributed by atoms with Crippen molar-refractivity contribution in [3.8, 4) is 55.6 Å². The summed E-state index contributed by atoms with van der Waals surface area (Å²) in [5.74, 6) is 2.38. The molecule has 4 bridgehead atoms. The van der Waals surface area contributed by atoms with Gasteiger partial charge < -0.3 is 4.90 Å². The van der Waals surface area contributed by atoms with Crippen LogP contribution in [-0.4, -0.2) is 0 Å². The minimum atomic E-state index is -0.209. The van der Waals surface area contributed by atoms with E-state index in [1.807, 2.05) is 6.07 Å². The number of hydrogen-bond donors (Lipinski definition) is 0. The highest BCUT2D eigenvalue weighted by atomic mass is 19.1. The molecule has 4 fully saturated rings. The van der Waals surface area contributed by atoms with Gasteiger partial charge in [-0.05, 0) is 200 Å². The van der Waals surface area contributed by atoms with Crippen molar-refractivity contribution in [3.63, 3.8) is 0 Å². The van der Waals surface area contributed by atoms with Crippen molar-refractivity contribution in [2.75, 3.05) is 4.90 Å². The quantitative estimate of drug-likeness (QED) is 0.154. The van der Waals surface area contributed by atoms with Crippen LogP contribution in [0.3, 0.4) is 0 Å².